The summed E-state index contributed by atoms with van der Waals surface area (Å²) >= 11 is 68.7. The summed E-state index contributed by atoms with van der Waals surface area (Å²) in [4.78, 5) is 30.0. The van der Waals surface area contributed by atoms with Crippen molar-refractivity contribution in [3.8, 4) is 0 Å². The maximum absolute atomic E-state index is 13.2. The number of hydrogen-bond donors (Lipinski definition) is 3. The minimum absolute atomic E-state index is 0.00745. The highest BCUT2D eigenvalue weighted by atomic mass is 35.6. The van der Waals surface area contributed by atoms with Crippen LogP contribution < -0.4 is 16.4 Å². The van der Waals surface area contributed by atoms with Crippen molar-refractivity contribution in [3.63, 3.8) is 0 Å². The number of fused-ring (bicyclic) bond motifs is 3. The van der Waals surface area contributed by atoms with Gasteiger partial charge in [-0.25, -0.2) is 34.8 Å². The average Bonchev–Trinajstić information content (AvgIpc) is 0.783. The molecule has 0 aromatic heterocycles. The van der Waals surface area contributed by atoms with Crippen LogP contribution in [0.3, 0.4) is 0 Å². The quantitative estimate of drug-likeness (QED) is 0.0189. The van der Waals surface area contributed by atoms with Gasteiger partial charge in [-0.3, -0.25) is 0 Å². The molecule has 3 aliphatic rings. The van der Waals surface area contributed by atoms with E-state index in [2.05, 4.69) is 34.8 Å². The van der Waals surface area contributed by atoms with Gasteiger partial charge in [-0.1, -0.05) is 106 Å². The molecule has 6 aromatic rings. The molecule has 0 saturated heterocycles. The second kappa shape index (κ2) is 45.5. The van der Waals surface area contributed by atoms with Crippen molar-refractivity contribution >= 4 is 181 Å². The Balaban J connectivity index is 0.000000313. The number of amides is 2. The van der Waals surface area contributed by atoms with Gasteiger partial charge in [0, 0.05) is 127 Å². The van der Waals surface area contributed by atoms with E-state index in [1.807, 2.05) is 57.5 Å². The number of carbonyl (C=O) groups is 2. The number of halogens is 12. The molecule has 9 rings (SSSR count). The van der Waals surface area contributed by atoms with Crippen LogP contribution in [-0.4, -0.2) is 217 Å². The molecule has 0 fully saturated rings. The van der Waals surface area contributed by atoms with Crippen molar-refractivity contribution in [3.05, 3.63) is 189 Å². The SMILES string of the molecule is CN1Cc2c(Cl)cc(Cl)cc2C(c2cccc(S(=O)(=O)CCCOCCOCCN)c2)C1.CN1Cc2c(Cl)cc(Cl)cc2C(c2cccc(S(=O)(=O)CCCOCCOCCNC(=O)NCCOCCOCCCS(=O)(=O)c3cccc(C4CN(C)Cc5c(Cl)cc(Cl)cc54)c3)c2)C1.O=C(OC(Cl)(Cl)Cl)OC(Cl)(Cl)Cl. The van der Waals surface area contributed by atoms with Crippen LogP contribution in [-0.2, 0) is 87.0 Å². The number of urea groups is 1. The first-order valence-corrected chi connectivity index (χ1v) is 44.2. The van der Waals surface area contributed by atoms with Gasteiger partial charge < -0.3 is 69.0 Å². The van der Waals surface area contributed by atoms with E-state index in [0.29, 0.717) is 140 Å². The molecular formula is C73H88Cl12N6O16S3. The lowest BCUT2D eigenvalue weighted by Crippen LogP contribution is -2.39. The van der Waals surface area contributed by atoms with Crippen LogP contribution in [0.25, 0.3) is 0 Å². The summed E-state index contributed by atoms with van der Waals surface area (Å²) < 4.78 is 115. The number of rotatable bonds is 35. The predicted octanol–water partition coefficient (Wildman–Crippen LogP) is 15.4. The van der Waals surface area contributed by atoms with Gasteiger partial charge >= 0.3 is 20.1 Å². The smallest absolute Gasteiger partial charge is 0.382 e. The van der Waals surface area contributed by atoms with E-state index in [1.165, 1.54) is 0 Å². The number of nitrogens with two attached hydrogens (primary N) is 1. The second-order valence-corrected chi connectivity index (χ2v) is 39.1. The number of alkyl halides is 6. The lowest BCUT2D eigenvalue weighted by atomic mass is 9.85. The van der Waals surface area contributed by atoms with Crippen molar-refractivity contribution in [1.82, 2.24) is 25.3 Å². The Kier molecular flexibility index (Phi) is 38.9. The van der Waals surface area contributed by atoms with Gasteiger partial charge in [0.1, 0.15) is 0 Å². The van der Waals surface area contributed by atoms with E-state index in [1.54, 1.807) is 72.8 Å². The van der Waals surface area contributed by atoms with Gasteiger partial charge in [0.15, 0.2) is 29.5 Å². The van der Waals surface area contributed by atoms with E-state index < -0.39 is 43.6 Å². The molecular weight excluding hydrogens is 1740 g/mol. The monoisotopic (exact) mass is 1820 g/mol. The minimum atomic E-state index is -3.54. The van der Waals surface area contributed by atoms with Gasteiger partial charge in [-0.15, -0.1) is 0 Å². The molecule has 2 amide bonds. The molecule has 3 aliphatic heterocycles. The summed E-state index contributed by atoms with van der Waals surface area (Å²) in [6, 6.07) is 32.0. The number of sulfone groups is 3. The Morgan fingerprint density at radius 2 is 0.700 bits per heavy atom. The second-order valence-electron chi connectivity index (χ2n) is 25.8. The third-order valence-electron chi connectivity index (χ3n) is 17.3. The first-order valence-electron chi connectivity index (χ1n) is 34.7. The molecule has 3 heterocycles. The summed E-state index contributed by atoms with van der Waals surface area (Å²) in [5.74, 6) is -0.213. The summed E-state index contributed by atoms with van der Waals surface area (Å²) in [6.07, 6.45) is -0.325. The van der Waals surface area contributed by atoms with Crippen LogP contribution in [0.2, 0.25) is 30.1 Å². The third kappa shape index (κ3) is 31.3. The number of hydrogen-bond acceptors (Lipinski definition) is 20. The van der Waals surface area contributed by atoms with Crippen LogP contribution in [0, 0.1) is 0 Å². The van der Waals surface area contributed by atoms with Crippen molar-refractivity contribution in [1.29, 1.82) is 0 Å². The van der Waals surface area contributed by atoms with Crippen LogP contribution in [0.4, 0.5) is 9.59 Å². The number of nitrogens with zero attached hydrogens (tertiary/aromatic N) is 3. The number of benzene rings is 6. The number of likely N-dealkylation sites (N-methyl/N-ethyl adjacent to an activating group) is 3. The summed E-state index contributed by atoms with van der Waals surface area (Å²) in [7, 11) is -4.44. The largest absolute Gasteiger partial charge is 0.515 e. The summed E-state index contributed by atoms with van der Waals surface area (Å²) in [5, 5.41) is 8.96. The van der Waals surface area contributed by atoms with Crippen LogP contribution in [0.15, 0.2) is 124 Å². The molecule has 3 unspecified atom stereocenters. The van der Waals surface area contributed by atoms with E-state index in [-0.39, 0.29) is 90.5 Å². The molecule has 3 atom stereocenters. The molecule has 37 heteroatoms. The van der Waals surface area contributed by atoms with Crippen molar-refractivity contribution in [2.75, 3.05) is 157 Å². The molecule has 0 saturated carbocycles. The van der Waals surface area contributed by atoms with Crippen molar-refractivity contribution in [2.24, 2.45) is 5.73 Å². The molecule has 608 valence electrons. The zero-order chi connectivity index (χ0) is 80.4. The Bertz CT molecular complexity index is 4180. The summed E-state index contributed by atoms with van der Waals surface area (Å²) in [6.45, 7) is 9.36. The number of carbonyl (C=O) groups excluding carboxylic acids is 2. The highest BCUT2D eigenvalue weighted by Crippen LogP contribution is 2.43. The fraction of sp³-hybridized carbons (Fsp3) is 0.479. The molecule has 4 N–H and O–H groups in total. The normalized spacial score (nSPS) is 16.3. The molecule has 0 spiro atoms. The zero-order valence-corrected chi connectivity index (χ0v) is 71.9. The maximum Gasteiger partial charge on any atom is 0.515 e. The van der Waals surface area contributed by atoms with E-state index in [4.69, 9.17) is 173 Å². The van der Waals surface area contributed by atoms with E-state index in [0.717, 1.165) is 63.2 Å². The van der Waals surface area contributed by atoms with E-state index in [9.17, 15) is 34.8 Å². The molecule has 0 radical (unpaired) electrons. The number of nitrogens with one attached hydrogen (secondary N) is 2. The van der Waals surface area contributed by atoms with Crippen LogP contribution >= 0.6 is 139 Å². The van der Waals surface area contributed by atoms with Gasteiger partial charge in [0.2, 0.25) is 0 Å². The maximum atomic E-state index is 13.2. The fourth-order valence-electron chi connectivity index (χ4n) is 12.4. The van der Waals surface area contributed by atoms with E-state index >= 15 is 0 Å². The lowest BCUT2D eigenvalue weighted by Gasteiger charge is -2.33. The Morgan fingerprint density at radius 3 is 0.982 bits per heavy atom. The predicted molar refractivity (Wildman–Crippen MR) is 437 cm³/mol. The Labute approximate surface area is 704 Å². The van der Waals surface area contributed by atoms with Crippen LogP contribution in [0.5, 0.6) is 0 Å². The first kappa shape index (κ1) is 93.9. The summed E-state index contributed by atoms with van der Waals surface area (Å²) in [5.41, 5.74) is 14.2. The fourth-order valence-corrected chi connectivity index (χ4v) is 18.5. The Morgan fingerprint density at radius 1 is 0.418 bits per heavy atom. The average molecular weight is 1830 g/mol. The molecule has 110 heavy (non-hydrogen) atoms. The molecule has 0 bridgehead atoms. The van der Waals surface area contributed by atoms with Crippen molar-refractivity contribution < 1.29 is 72.7 Å². The van der Waals surface area contributed by atoms with Gasteiger partial charge in [-0.2, -0.15) is 0 Å². The molecule has 6 aromatic carbocycles. The van der Waals surface area contributed by atoms with Gasteiger partial charge in [0.25, 0.3) is 0 Å². The zero-order valence-electron chi connectivity index (χ0n) is 60.4. The first-order chi connectivity index (χ1) is 52.0. The molecule has 22 nitrogen and oxygen atoms in total. The standard InChI is InChI=1S/C47H58Cl4N4O9S2.C23H30Cl2N2O4S.C3Cl6O3/c1-54-29-41(39-25-35(48)27-45(50)43(39)31-54)33-7-3-9-37(23-33)65(57,58)21-5-13-61-17-19-63-15-11-52-47(56)53-12-16-64-20-18-62-14-6-22-66(59,60)38-10-4-8-34(24-38)42-30-55(2)32-44-40(42)26-36(49)28-46(44)51;1-27-15-21(20-13-18(24)14-23(25)22(20)16-27)17-4-2-5-19(12-17)32(28,29)11-3-7-30-9-10-31-8-6-26;4-2(5,6)11-1(10)12-3(7,8)9/h3-4,7-10,23-28,41-42H,5-6,11-22,29-32H2,1-2H3,(H2,52,53,56);2,4-5,12-14,21H,3,6-11,15-16,26H2,1H3;. The van der Waals surface area contributed by atoms with Gasteiger partial charge in [0.05, 0.1) is 91.4 Å². The lowest BCUT2D eigenvalue weighted by molar-refractivity contribution is 0.0486. The van der Waals surface area contributed by atoms with Gasteiger partial charge in [-0.05, 0) is 233 Å². The highest BCUT2D eigenvalue weighted by molar-refractivity contribution is 7.92. The van der Waals surface area contributed by atoms with Crippen LogP contribution in [0.1, 0.15) is 87.1 Å². The Hall–Kier alpha value is -3.21. The molecule has 0 aliphatic carbocycles. The number of ether oxygens (including phenoxy) is 8. The third-order valence-corrected chi connectivity index (χ3v) is 24.8. The van der Waals surface area contributed by atoms with Crippen molar-refractivity contribution in [2.45, 2.75) is 79.3 Å². The highest BCUT2D eigenvalue weighted by Gasteiger charge is 2.34. The topological polar surface area (TPSA) is 270 Å². The minimum Gasteiger partial charge on any atom is -0.382 e.